The van der Waals surface area contributed by atoms with Gasteiger partial charge in [0.1, 0.15) is 0 Å². The highest BCUT2D eigenvalue weighted by atomic mass is 32.1. The molecule has 0 aliphatic heterocycles. The maximum atomic E-state index is 4.18. The summed E-state index contributed by atoms with van der Waals surface area (Å²) in [7, 11) is 2.19. The summed E-state index contributed by atoms with van der Waals surface area (Å²) in [5.74, 6) is 1.84. The molecule has 0 bridgehead atoms. The van der Waals surface area contributed by atoms with E-state index in [1.54, 1.807) is 0 Å². The van der Waals surface area contributed by atoms with Gasteiger partial charge in [-0.1, -0.05) is 20.3 Å². The molecular weight excluding hydrogens is 154 g/mol. The highest BCUT2D eigenvalue weighted by Gasteiger charge is 2.02. The molecule has 0 aromatic heterocycles. The molecule has 0 rings (SSSR count). The monoisotopic (exact) mass is 175 g/mol. The van der Waals surface area contributed by atoms with E-state index in [0.717, 1.165) is 11.7 Å². The Morgan fingerprint density at radius 1 is 1.45 bits per heavy atom. The van der Waals surface area contributed by atoms with Crippen LogP contribution >= 0.6 is 12.6 Å². The van der Waals surface area contributed by atoms with Gasteiger partial charge in [-0.25, -0.2) is 0 Å². The minimum Gasteiger partial charge on any atom is -0.306 e. The number of nitrogens with zero attached hydrogens (tertiary/aromatic N) is 1. The van der Waals surface area contributed by atoms with Gasteiger partial charge < -0.3 is 4.90 Å². The highest BCUT2D eigenvalue weighted by molar-refractivity contribution is 7.80. The molecule has 0 aliphatic rings. The van der Waals surface area contributed by atoms with Crippen LogP contribution < -0.4 is 0 Å². The fourth-order valence-electron chi connectivity index (χ4n) is 1.09. The van der Waals surface area contributed by atoms with Crippen molar-refractivity contribution in [1.82, 2.24) is 4.90 Å². The maximum absolute atomic E-state index is 4.18. The van der Waals surface area contributed by atoms with Crippen LogP contribution in [0, 0.1) is 5.92 Å². The first-order valence-corrected chi connectivity index (χ1v) is 5.13. The van der Waals surface area contributed by atoms with Gasteiger partial charge in [-0.3, -0.25) is 0 Å². The van der Waals surface area contributed by atoms with Gasteiger partial charge in [-0.15, -0.1) is 0 Å². The van der Waals surface area contributed by atoms with Crippen LogP contribution in [-0.4, -0.2) is 30.8 Å². The van der Waals surface area contributed by atoms with Crippen molar-refractivity contribution in [2.24, 2.45) is 5.92 Å². The molecule has 1 atom stereocenters. The second kappa shape index (κ2) is 6.99. The van der Waals surface area contributed by atoms with E-state index in [-0.39, 0.29) is 0 Å². The minimum atomic E-state index is 0.833. The summed E-state index contributed by atoms with van der Waals surface area (Å²) in [4.78, 5) is 2.39. The molecule has 0 heterocycles. The Morgan fingerprint density at radius 2 is 2.09 bits per heavy atom. The average Bonchev–Trinajstić information content (AvgIpc) is 2.00. The summed E-state index contributed by atoms with van der Waals surface area (Å²) in [5, 5.41) is 0. The van der Waals surface area contributed by atoms with Gasteiger partial charge >= 0.3 is 0 Å². The second-order valence-corrected chi connectivity index (χ2v) is 3.80. The Labute approximate surface area is 76.6 Å². The predicted octanol–water partition coefficient (Wildman–Crippen LogP) is 2.28. The first kappa shape index (κ1) is 11.3. The molecule has 1 unspecified atom stereocenters. The van der Waals surface area contributed by atoms with E-state index in [4.69, 9.17) is 0 Å². The highest BCUT2D eigenvalue weighted by Crippen LogP contribution is 2.02. The van der Waals surface area contributed by atoms with E-state index < -0.39 is 0 Å². The van der Waals surface area contributed by atoms with Gasteiger partial charge in [-0.2, -0.15) is 12.6 Å². The Balaban J connectivity index is 3.27. The summed E-state index contributed by atoms with van der Waals surface area (Å²) in [6.45, 7) is 6.96. The molecule has 2 heteroatoms. The zero-order valence-corrected chi connectivity index (χ0v) is 8.90. The van der Waals surface area contributed by atoms with Crippen LogP contribution in [0.3, 0.4) is 0 Å². The number of hydrogen-bond donors (Lipinski definition) is 1. The molecule has 0 saturated carbocycles. The van der Waals surface area contributed by atoms with Crippen LogP contribution in [0.1, 0.15) is 26.7 Å². The number of rotatable bonds is 6. The van der Waals surface area contributed by atoms with Crippen molar-refractivity contribution < 1.29 is 0 Å². The molecule has 0 spiro atoms. The van der Waals surface area contributed by atoms with Gasteiger partial charge in [-0.05, 0) is 31.7 Å². The number of hydrogen-bond acceptors (Lipinski definition) is 2. The third kappa shape index (κ3) is 6.70. The lowest BCUT2D eigenvalue weighted by atomic mass is 10.1. The van der Waals surface area contributed by atoms with Crippen molar-refractivity contribution in [3.8, 4) is 0 Å². The third-order valence-electron chi connectivity index (χ3n) is 2.02. The molecule has 11 heavy (non-hydrogen) atoms. The quantitative estimate of drug-likeness (QED) is 0.606. The van der Waals surface area contributed by atoms with Crippen LogP contribution in [0.2, 0.25) is 0 Å². The largest absolute Gasteiger partial charge is 0.306 e. The van der Waals surface area contributed by atoms with Crippen molar-refractivity contribution in [2.75, 3.05) is 25.9 Å². The molecule has 0 N–H and O–H groups in total. The molecule has 0 aliphatic carbocycles. The smallest absolute Gasteiger partial charge is 0.000387 e. The lowest BCUT2D eigenvalue weighted by Crippen LogP contribution is -2.25. The third-order valence-corrected chi connectivity index (χ3v) is 2.33. The summed E-state index contributed by atoms with van der Waals surface area (Å²) in [6, 6.07) is 0. The molecule has 0 saturated heterocycles. The SMILES string of the molecule is CCC(C)CN(C)CCCS. The number of thiol groups is 1. The first-order chi connectivity index (χ1) is 5.20. The Morgan fingerprint density at radius 3 is 2.55 bits per heavy atom. The van der Waals surface area contributed by atoms with Crippen molar-refractivity contribution in [3.63, 3.8) is 0 Å². The molecule has 0 fully saturated rings. The van der Waals surface area contributed by atoms with Gasteiger partial charge in [0.25, 0.3) is 0 Å². The molecule has 0 amide bonds. The summed E-state index contributed by atoms with van der Waals surface area (Å²) in [5.41, 5.74) is 0. The van der Waals surface area contributed by atoms with Crippen LogP contribution in [0.25, 0.3) is 0 Å². The molecule has 0 radical (unpaired) electrons. The van der Waals surface area contributed by atoms with E-state index >= 15 is 0 Å². The zero-order chi connectivity index (χ0) is 8.69. The molecular formula is C9H21NS. The predicted molar refractivity (Wildman–Crippen MR) is 55.4 cm³/mol. The van der Waals surface area contributed by atoms with Gasteiger partial charge in [0.05, 0.1) is 0 Å². The van der Waals surface area contributed by atoms with Crippen molar-refractivity contribution in [2.45, 2.75) is 26.7 Å². The average molecular weight is 175 g/mol. The summed E-state index contributed by atoms with van der Waals surface area (Å²) >= 11 is 4.18. The Kier molecular flexibility index (Phi) is 7.18. The van der Waals surface area contributed by atoms with E-state index in [1.165, 1.54) is 25.9 Å². The van der Waals surface area contributed by atoms with E-state index in [9.17, 15) is 0 Å². The maximum Gasteiger partial charge on any atom is 0.000387 e. The zero-order valence-electron chi connectivity index (χ0n) is 8.01. The van der Waals surface area contributed by atoms with Crippen LogP contribution in [0.5, 0.6) is 0 Å². The van der Waals surface area contributed by atoms with Gasteiger partial charge in [0, 0.05) is 6.54 Å². The van der Waals surface area contributed by atoms with Crippen molar-refractivity contribution in [1.29, 1.82) is 0 Å². The normalized spacial score (nSPS) is 13.9. The van der Waals surface area contributed by atoms with E-state index in [2.05, 4.69) is 38.4 Å². The second-order valence-electron chi connectivity index (χ2n) is 3.35. The lowest BCUT2D eigenvalue weighted by molar-refractivity contribution is 0.283. The van der Waals surface area contributed by atoms with E-state index in [1.807, 2.05) is 0 Å². The van der Waals surface area contributed by atoms with E-state index in [0.29, 0.717) is 0 Å². The Bertz CT molecular complexity index is 85.6. The van der Waals surface area contributed by atoms with Gasteiger partial charge in [0.2, 0.25) is 0 Å². The van der Waals surface area contributed by atoms with Crippen molar-refractivity contribution >= 4 is 12.6 Å². The molecule has 0 aromatic rings. The van der Waals surface area contributed by atoms with Crippen molar-refractivity contribution in [3.05, 3.63) is 0 Å². The van der Waals surface area contributed by atoms with Gasteiger partial charge in [0.15, 0.2) is 0 Å². The van der Waals surface area contributed by atoms with Crippen LogP contribution in [-0.2, 0) is 0 Å². The fourth-order valence-corrected chi connectivity index (χ4v) is 1.23. The van der Waals surface area contributed by atoms with Crippen LogP contribution in [0.4, 0.5) is 0 Å². The summed E-state index contributed by atoms with van der Waals surface area (Å²) in [6.07, 6.45) is 2.49. The Hall–Kier alpha value is 0.310. The lowest BCUT2D eigenvalue weighted by Gasteiger charge is -2.19. The minimum absolute atomic E-state index is 0.833. The molecule has 1 nitrogen and oxygen atoms in total. The molecule has 0 aromatic carbocycles. The standard InChI is InChI=1S/C9H21NS/c1-4-9(2)8-10(3)6-5-7-11/h9,11H,4-8H2,1-3H3. The topological polar surface area (TPSA) is 3.24 Å². The first-order valence-electron chi connectivity index (χ1n) is 4.50. The molecule has 68 valence electrons. The van der Waals surface area contributed by atoms with Crippen LogP contribution in [0.15, 0.2) is 0 Å². The summed E-state index contributed by atoms with van der Waals surface area (Å²) < 4.78 is 0. The fraction of sp³-hybridized carbons (Fsp3) is 1.00.